The van der Waals surface area contributed by atoms with Gasteiger partial charge in [0.15, 0.2) is 19.7 Å². The van der Waals surface area contributed by atoms with E-state index < -0.39 is 41.0 Å². The SMILES string of the molecule is CC1(C)C[C@@H](c2c[nH]c3c(C(N)=O)cc(Br)cc23)CCS1(=O)=O.CC1(C)C[C@H](c2c[nH]c3c(C(N)=O)cc(Br)cc23)CCS1(=O)=O. The lowest BCUT2D eigenvalue weighted by atomic mass is 9.87. The number of aromatic nitrogens is 2. The van der Waals surface area contributed by atoms with Crippen LogP contribution in [-0.4, -0.2) is 59.6 Å². The van der Waals surface area contributed by atoms with Crippen molar-refractivity contribution in [2.45, 2.75) is 74.7 Å². The Balaban J connectivity index is 0.000000181. The lowest BCUT2D eigenvalue weighted by molar-refractivity contribution is 0.0993. The van der Waals surface area contributed by atoms with Crippen LogP contribution in [0.2, 0.25) is 0 Å². The van der Waals surface area contributed by atoms with Gasteiger partial charge in [-0.15, -0.1) is 0 Å². The standard InChI is InChI=1S/2C16H19BrN2O3S/c2*1-16(2)7-9(3-4-23(16,21)22)13-8-19-14-11(13)5-10(17)6-12(14)15(18)20/h2*5-6,8-9,19H,3-4,7H2,1-2H3,(H2,18,20)/t2*9-/m10/s1. The molecule has 6 rings (SSSR count). The Labute approximate surface area is 285 Å². The minimum atomic E-state index is -3.06. The molecule has 6 N–H and O–H groups in total. The van der Waals surface area contributed by atoms with Crippen LogP contribution in [0.1, 0.15) is 97.1 Å². The Hall–Kier alpha value is -2.68. The highest BCUT2D eigenvalue weighted by Gasteiger charge is 2.43. The van der Waals surface area contributed by atoms with Crippen molar-refractivity contribution in [3.05, 3.63) is 67.9 Å². The first kappa shape index (κ1) is 34.6. The zero-order valence-electron chi connectivity index (χ0n) is 26.0. The second-order valence-corrected chi connectivity index (χ2v) is 20.8. The number of fused-ring (bicyclic) bond motifs is 2. The topological polar surface area (TPSA) is 186 Å². The molecule has 4 aromatic rings. The summed E-state index contributed by atoms with van der Waals surface area (Å²) < 4.78 is 48.9. The van der Waals surface area contributed by atoms with E-state index in [2.05, 4.69) is 41.8 Å². The molecule has 10 nitrogen and oxygen atoms in total. The summed E-state index contributed by atoms with van der Waals surface area (Å²) in [7, 11) is -6.12. The van der Waals surface area contributed by atoms with Crippen LogP contribution in [0, 0.1) is 0 Å². The van der Waals surface area contributed by atoms with Gasteiger partial charge in [-0.3, -0.25) is 9.59 Å². The molecule has 0 saturated carbocycles. The van der Waals surface area contributed by atoms with Crippen LogP contribution in [0.25, 0.3) is 21.8 Å². The first-order chi connectivity index (χ1) is 21.2. The predicted octanol–water partition coefficient (Wildman–Crippen LogP) is 6.20. The Morgan fingerprint density at radius 2 is 1.04 bits per heavy atom. The molecule has 2 amide bonds. The first-order valence-electron chi connectivity index (χ1n) is 14.9. The minimum Gasteiger partial charge on any atom is -0.366 e. The molecule has 2 atom stereocenters. The lowest BCUT2D eigenvalue weighted by Crippen LogP contribution is -2.40. The van der Waals surface area contributed by atoms with Crippen molar-refractivity contribution in [2.24, 2.45) is 11.5 Å². The number of hydrogen-bond acceptors (Lipinski definition) is 6. The summed E-state index contributed by atoms with van der Waals surface area (Å²) in [5, 5.41) is 1.85. The third kappa shape index (κ3) is 6.29. The van der Waals surface area contributed by atoms with Crippen LogP contribution in [0.3, 0.4) is 0 Å². The summed E-state index contributed by atoms with van der Waals surface area (Å²) in [5.74, 6) is -0.329. The molecule has 2 aliphatic heterocycles. The Morgan fingerprint density at radius 1 is 0.696 bits per heavy atom. The van der Waals surface area contributed by atoms with Crippen molar-refractivity contribution >= 4 is 85.2 Å². The molecule has 46 heavy (non-hydrogen) atoms. The number of aromatic amines is 2. The van der Waals surface area contributed by atoms with Gasteiger partial charge in [0.1, 0.15) is 0 Å². The Kier molecular flexibility index (Phi) is 9.10. The van der Waals surface area contributed by atoms with Gasteiger partial charge >= 0.3 is 0 Å². The van der Waals surface area contributed by atoms with E-state index >= 15 is 0 Å². The number of nitrogens with one attached hydrogen (secondary N) is 2. The summed E-state index contributed by atoms with van der Waals surface area (Å²) in [6.07, 6.45) is 6.08. The van der Waals surface area contributed by atoms with Gasteiger partial charge in [-0.1, -0.05) is 31.9 Å². The molecule has 14 heteroatoms. The molecular weight excluding hydrogens is 760 g/mol. The molecular formula is C32H38Br2N4O6S2. The quantitative estimate of drug-likeness (QED) is 0.190. The highest BCUT2D eigenvalue weighted by atomic mass is 79.9. The molecule has 0 aliphatic carbocycles. The van der Waals surface area contributed by atoms with Gasteiger partial charge in [0.25, 0.3) is 11.8 Å². The highest BCUT2D eigenvalue weighted by molar-refractivity contribution is 9.10. The molecule has 2 fully saturated rings. The summed E-state index contributed by atoms with van der Waals surface area (Å²) in [6, 6.07) is 7.29. The minimum absolute atomic E-state index is 0.136. The van der Waals surface area contributed by atoms with Crippen LogP contribution in [-0.2, 0) is 19.7 Å². The Morgan fingerprint density at radius 3 is 1.35 bits per heavy atom. The summed E-state index contributed by atoms with van der Waals surface area (Å²) in [4.78, 5) is 29.6. The van der Waals surface area contributed by atoms with Gasteiger partial charge < -0.3 is 21.4 Å². The van der Waals surface area contributed by atoms with E-state index in [9.17, 15) is 26.4 Å². The predicted molar refractivity (Wildman–Crippen MR) is 189 cm³/mol. The number of amides is 2. The number of H-pyrrole nitrogens is 2. The van der Waals surface area contributed by atoms with Gasteiger partial charge in [0.05, 0.1) is 43.2 Å². The average molecular weight is 799 g/mol. The Bertz CT molecular complexity index is 1950. The maximum absolute atomic E-state index is 12.2. The summed E-state index contributed by atoms with van der Waals surface area (Å²) in [6.45, 7) is 7.14. The number of sulfone groups is 2. The average Bonchev–Trinajstić information content (AvgIpc) is 3.55. The van der Waals surface area contributed by atoms with Crippen LogP contribution < -0.4 is 11.5 Å². The third-order valence-electron chi connectivity index (χ3n) is 9.61. The molecule has 248 valence electrons. The van der Waals surface area contributed by atoms with Gasteiger partial charge in [-0.2, -0.15) is 0 Å². The fourth-order valence-electron chi connectivity index (χ4n) is 6.82. The number of carbonyl (C=O) groups excluding carboxylic acids is 2. The van der Waals surface area contributed by atoms with E-state index in [1.54, 1.807) is 39.8 Å². The van der Waals surface area contributed by atoms with Crippen molar-refractivity contribution < 1.29 is 26.4 Å². The summed E-state index contributed by atoms with van der Waals surface area (Å²) in [5.41, 5.74) is 15.3. The van der Waals surface area contributed by atoms with Crippen LogP contribution >= 0.6 is 31.9 Å². The third-order valence-corrected chi connectivity index (χ3v) is 15.8. The molecule has 2 aromatic carbocycles. The number of halogens is 2. The van der Waals surface area contributed by atoms with Crippen LogP contribution in [0.15, 0.2) is 45.6 Å². The van der Waals surface area contributed by atoms with E-state index in [-0.39, 0.29) is 23.3 Å². The van der Waals surface area contributed by atoms with E-state index in [1.807, 2.05) is 24.5 Å². The number of nitrogens with two attached hydrogens (primary N) is 2. The highest BCUT2D eigenvalue weighted by Crippen LogP contribution is 2.44. The van der Waals surface area contributed by atoms with Gasteiger partial charge in [0.2, 0.25) is 0 Å². The van der Waals surface area contributed by atoms with Crippen molar-refractivity contribution in [2.75, 3.05) is 11.5 Å². The van der Waals surface area contributed by atoms with Gasteiger partial charge in [-0.25, -0.2) is 16.8 Å². The molecule has 2 aliphatic rings. The molecule has 0 unspecified atom stereocenters. The maximum atomic E-state index is 12.2. The zero-order valence-corrected chi connectivity index (χ0v) is 30.8. The van der Waals surface area contributed by atoms with Crippen LogP contribution in [0.5, 0.6) is 0 Å². The number of primary amides is 2. The molecule has 2 saturated heterocycles. The largest absolute Gasteiger partial charge is 0.366 e. The van der Waals surface area contributed by atoms with Crippen LogP contribution in [0.4, 0.5) is 0 Å². The monoisotopic (exact) mass is 796 g/mol. The van der Waals surface area contributed by atoms with E-state index in [0.717, 1.165) is 30.8 Å². The zero-order chi connectivity index (χ0) is 34.0. The van der Waals surface area contributed by atoms with Crippen molar-refractivity contribution in [3.8, 4) is 0 Å². The molecule has 0 radical (unpaired) electrons. The molecule has 2 aromatic heterocycles. The second kappa shape index (κ2) is 12.1. The van der Waals surface area contributed by atoms with Crippen molar-refractivity contribution in [1.29, 1.82) is 0 Å². The number of benzene rings is 2. The van der Waals surface area contributed by atoms with Crippen molar-refractivity contribution in [3.63, 3.8) is 0 Å². The molecule has 0 spiro atoms. The maximum Gasteiger partial charge on any atom is 0.250 e. The second-order valence-electron chi connectivity index (χ2n) is 13.5. The van der Waals surface area contributed by atoms with E-state index in [4.69, 9.17) is 11.5 Å². The first-order valence-corrected chi connectivity index (χ1v) is 19.8. The molecule has 4 heterocycles. The number of hydrogen-bond donors (Lipinski definition) is 4. The van der Waals surface area contributed by atoms with Gasteiger partial charge in [-0.05, 0) is 101 Å². The number of rotatable bonds is 4. The summed E-state index contributed by atoms with van der Waals surface area (Å²) >= 11 is 6.83. The lowest BCUT2D eigenvalue weighted by Gasteiger charge is -2.34. The fraction of sp³-hybridized carbons (Fsp3) is 0.438. The van der Waals surface area contributed by atoms with E-state index in [1.165, 1.54) is 0 Å². The molecule has 0 bridgehead atoms. The smallest absolute Gasteiger partial charge is 0.250 e. The van der Waals surface area contributed by atoms with Crippen molar-refractivity contribution in [1.82, 2.24) is 9.97 Å². The fourth-order valence-corrected chi connectivity index (χ4v) is 10.9. The normalized spacial score (nSPS) is 23.0. The van der Waals surface area contributed by atoms with E-state index in [0.29, 0.717) is 47.8 Å². The van der Waals surface area contributed by atoms with Gasteiger partial charge in [0, 0.05) is 32.1 Å². The number of carbonyl (C=O) groups is 2.